The van der Waals surface area contributed by atoms with Gasteiger partial charge in [-0.2, -0.15) is 0 Å². The van der Waals surface area contributed by atoms with Crippen LogP contribution in [-0.2, 0) is 14.4 Å². The Balaban J connectivity index is 2.29. The van der Waals surface area contributed by atoms with Gasteiger partial charge in [0.25, 0.3) is 0 Å². The van der Waals surface area contributed by atoms with Crippen molar-refractivity contribution in [1.29, 1.82) is 0 Å². The molecule has 1 aliphatic rings. The first-order valence-electron chi connectivity index (χ1n) is 3.47. The van der Waals surface area contributed by atoms with Gasteiger partial charge in [0.2, 0.25) is 0 Å². The van der Waals surface area contributed by atoms with Crippen molar-refractivity contribution >= 4 is 11.9 Å². The number of primary amides is 1. The molecule has 0 saturated carbocycles. The third-order valence-corrected chi connectivity index (χ3v) is 1.48. The first kappa shape index (κ1) is 8.00. The van der Waals surface area contributed by atoms with Crippen molar-refractivity contribution in [2.24, 2.45) is 5.73 Å². The van der Waals surface area contributed by atoms with Gasteiger partial charge in [0.1, 0.15) is 0 Å². The van der Waals surface area contributed by atoms with Crippen LogP contribution in [-0.4, -0.2) is 30.0 Å². The van der Waals surface area contributed by atoms with E-state index in [9.17, 15) is 9.59 Å². The highest BCUT2D eigenvalue weighted by molar-refractivity contribution is 6.31. The highest BCUT2D eigenvalue weighted by Gasteiger charge is 2.19. The van der Waals surface area contributed by atoms with Gasteiger partial charge in [0.15, 0.2) is 0 Å². The lowest BCUT2D eigenvalue weighted by Gasteiger charge is -2.11. The molecule has 0 atom stereocenters. The average Bonchev–Trinajstić information content (AvgIpc) is 2.39. The van der Waals surface area contributed by atoms with Crippen molar-refractivity contribution in [3.63, 3.8) is 0 Å². The number of carbonyl (C=O) groups excluding carboxylic acids is 2. The van der Waals surface area contributed by atoms with Crippen LogP contribution in [0.25, 0.3) is 0 Å². The van der Waals surface area contributed by atoms with Crippen LogP contribution in [0.4, 0.5) is 0 Å². The average molecular weight is 158 g/mol. The summed E-state index contributed by atoms with van der Waals surface area (Å²) in [5, 5.41) is 1.45. The SMILES string of the molecule is NC(=O)C(=O)ON1CCCC1. The first-order valence-corrected chi connectivity index (χ1v) is 3.47. The van der Waals surface area contributed by atoms with Crippen molar-refractivity contribution in [2.45, 2.75) is 12.8 Å². The number of nitrogens with zero attached hydrogens (tertiary/aromatic N) is 1. The second-order valence-corrected chi connectivity index (χ2v) is 2.38. The smallest absolute Gasteiger partial charge is 0.360 e. The topological polar surface area (TPSA) is 72.6 Å². The van der Waals surface area contributed by atoms with Gasteiger partial charge < -0.3 is 10.6 Å². The molecule has 0 unspecified atom stereocenters. The normalized spacial score (nSPS) is 18.2. The summed E-state index contributed by atoms with van der Waals surface area (Å²) in [5.74, 6) is -2.02. The number of carbonyl (C=O) groups is 2. The fraction of sp³-hybridized carbons (Fsp3) is 0.667. The number of nitrogens with two attached hydrogens (primary N) is 1. The van der Waals surface area contributed by atoms with Crippen molar-refractivity contribution in [3.05, 3.63) is 0 Å². The molecule has 1 heterocycles. The van der Waals surface area contributed by atoms with Gasteiger partial charge in [-0.15, -0.1) is 5.06 Å². The van der Waals surface area contributed by atoms with Crippen LogP contribution in [0, 0.1) is 0 Å². The Hall–Kier alpha value is -1.10. The highest BCUT2D eigenvalue weighted by Crippen LogP contribution is 2.07. The van der Waals surface area contributed by atoms with Crippen molar-refractivity contribution < 1.29 is 14.4 Å². The van der Waals surface area contributed by atoms with Crippen molar-refractivity contribution in [3.8, 4) is 0 Å². The quantitative estimate of drug-likeness (QED) is 0.498. The van der Waals surface area contributed by atoms with Crippen LogP contribution < -0.4 is 5.73 Å². The summed E-state index contributed by atoms with van der Waals surface area (Å²) in [6, 6.07) is 0. The van der Waals surface area contributed by atoms with E-state index < -0.39 is 11.9 Å². The molecular formula is C6H10N2O3. The predicted octanol–water partition coefficient (Wildman–Crippen LogP) is -0.974. The summed E-state index contributed by atoms with van der Waals surface area (Å²) in [4.78, 5) is 25.4. The minimum absolute atomic E-state index is 0.693. The maximum atomic E-state index is 10.6. The molecule has 1 amide bonds. The number of hydroxylamine groups is 2. The summed E-state index contributed by atoms with van der Waals surface area (Å²) in [5.41, 5.74) is 4.67. The zero-order chi connectivity index (χ0) is 8.27. The Morgan fingerprint density at radius 2 is 1.82 bits per heavy atom. The molecule has 0 radical (unpaired) electrons. The lowest BCUT2D eigenvalue weighted by atomic mass is 10.4. The van der Waals surface area contributed by atoms with E-state index in [4.69, 9.17) is 0 Å². The third kappa shape index (κ3) is 2.19. The molecule has 0 aliphatic carbocycles. The van der Waals surface area contributed by atoms with E-state index in [-0.39, 0.29) is 0 Å². The van der Waals surface area contributed by atoms with Crippen molar-refractivity contribution in [2.75, 3.05) is 13.1 Å². The van der Waals surface area contributed by atoms with E-state index in [0.717, 1.165) is 12.8 Å². The largest absolute Gasteiger partial charge is 0.415 e. The summed E-state index contributed by atoms with van der Waals surface area (Å²) in [7, 11) is 0. The summed E-state index contributed by atoms with van der Waals surface area (Å²) >= 11 is 0. The Morgan fingerprint density at radius 1 is 1.27 bits per heavy atom. The van der Waals surface area contributed by atoms with E-state index in [1.807, 2.05) is 0 Å². The molecule has 1 rings (SSSR count). The second kappa shape index (κ2) is 3.34. The molecule has 62 valence electrons. The van der Waals surface area contributed by atoms with E-state index in [1.54, 1.807) is 0 Å². The van der Waals surface area contributed by atoms with Gasteiger partial charge in [0, 0.05) is 13.1 Å². The Bertz CT molecular complexity index is 175. The number of hydrogen-bond acceptors (Lipinski definition) is 4. The summed E-state index contributed by atoms with van der Waals surface area (Å²) in [6.07, 6.45) is 1.98. The third-order valence-electron chi connectivity index (χ3n) is 1.48. The fourth-order valence-electron chi connectivity index (χ4n) is 0.942. The van der Waals surface area contributed by atoms with Gasteiger partial charge in [0.05, 0.1) is 0 Å². The zero-order valence-electron chi connectivity index (χ0n) is 6.08. The number of rotatable bonds is 1. The lowest BCUT2D eigenvalue weighted by Crippen LogP contribution is -2.32. The molecule has 0 aromatic heterocycles. The van der Waals surface area contributed by atoms with Gasteiger partial charge in [-0.05, 0) is 12.8 Å². The van der Waals surface area contributed by atoms with Crippen LogP contribution >= 0.6 is 0 Å². The Labute approximate surface area is 64.0 Å². The molecule has 11 heavy (non-hydrogen) atoms. The molecule has 2 N–H and O–H groups in total. The molecule has 1 fully saturated rings. The van der Waals surface area contributed by atoms with E-state index >= 15 is 0 Å². The minimum Gasteiger partial charge on any atom is -0.360 e. The van der Waals surface area contributed by atoms with Crippen LogP contribution in [0.5, 0.6) is 0 Å². The molecule has 1 saturated heterocycles. The lowest BCUT2D eigenvalue weighted by molar-refractivity contribution is -0.187. The van der Waals surface area contributed by atoms with E-state index in [2.05, 4.69) is 10.6 Å². The van der Waals surface area contributed by atoms with E-state index in [1.165, 1.54) is 5.06 Å². The molecule has 0 bridgehead atoms. The number of hydrogen-bond donors (Lipinski definition) is 1. The van der Waals surface area contributed by atoms with Gasteiger partial charge >= 0.3 is 11.9 Å². The maximum Gasteiger partial charge on any atom is 0.415 e. The number of amides is 1. The van der Waals surface area contributed by atoms with Crippen LogP contribution in [0.15, 0.2) is 0 Å². The Morgan fingerprint density at radius 3 is 2.27 bits per heavy atom. The van der Waals surface area contributed by atoms with Crippen molar-refractivity contribution in [1.82, 2.24) is 5.06 Å². The molecule has 5 heteroatoms. The van der Waals surface area contributed by atoms with Gasteiger partial charge in [-0.3, -0.25) is 4.79 Å². The van der Waals surface area contributed by atoms with Crippen LogP contribution in [0.1, 0.15) is 12.8 Å². The van der Waals surface area contributed by atoms with E-state index in [0.29, 0.717) is 13.1 Å². The predicted molar refractivity (Wildman–Crippen MR) is 36.1 cm³/mol. The molecule has 0 aromatic rings. The van der Waals surface area contributed by atoms with Gasteiger partial charge in [-0.25, -0.2) is 4.79 Å². The monoisotopic (exact) mass is 158 g/mol. The Kier molecular flexibility index (Phi) is 2.43. The second-order valence-electron chi connectivity index (χ2n) is 2.38. The van der Waals surface area contributed by atoms with Crippen LogP contribution in [0.3, 0.4) is 0 Å². The summed E-state index contributed by atoms with van der Waals surface area (Å²) in [6.45, 7) is 1.39. The van der Waals surface area contributed by atoms with Crippen LogP contribution in [0.2, 0.25) is 0 Å². The summed E-state index contributed by atoms with van der Waals surface area (Å²) < 4.78 is 0. The maximum absolute atomic E-state index is 10.6. The molecule has 5 nitrogen and oxygen atoms in total. The molecule has 1 aliphatic heterocycles. The molecule has 0 spiro atoms. The minimum atomic E-state index is -1.04. The molecule has 0 aromatic carbocycles. The zero-order valence-corrected chi connectivity index (χ0v) is 6.08. The standard InChI is InChI=1S/C6H10N2O3/c7-5(9)6(10)11-8-3-1-2-4-8/h1-4H2,(H2,7,9). The molecular weight excluding hydrogens is 148 g/mol. The first-order chi connectivity index (χ1) is 5.20. The highest BCUT2D eigenvalue weighted by atomic mass is 16.7. The fourth-order valence-corrected chi connectivity index (χ4v) is 0.942. The van der Waals surface area contributed by atoms with Gasteiger partial charge in [-0.1, -0.05) is 0 Å².